The maximum atomic E-state index is 13.8. The first kappa shape index (κ1) is 28.7. The Hall–Kier alpha value is -4.78. The van der Waals surface area contributed by atoms with E-state index in [0.29, 0.717) is 42.3 Å². The molecule has 1 amide bonds. The Morgan fingerprint density at radius 1 is 0.857 bits per heavy atom. The number of hydrogen-bond acceptors (Lipinski definition) is 6. The van der Waals surface area contributed by atoms with Gasteiger partial charge in [-0.25, -0.2) is 0 Å². The summed E-state index contributed by atoms with van der Waals surface area (Å²) in [6.45, 7) is 2.02. The number of benzene rings is 3. The normalized spacial score (nSPS) is 13.8. The number of carbonyl (C=O) groups is 1. The van der Waals surface area contributed by atoms with E-state index in [0.717, 1.165) is 33.4 Å². The third kappa shape index (κ3) is 5.81. The summed E-state index contributed by atoms with van der Waals surface area (Å²) in [5.74, 6) is 1.44. The Balaban J connectivity index is 1.62. The van der Waals surface area contributed by atoms with Gasteiger partial charge >= 0.3 is 0 Å². The van der Waals surface area contributed by atoms with E-state index in [1.807, 2.05) is 54.6 Å². The molecule has 216 valence electrons. The van der Waals surface area contributed by atoms with Crippen molar-refractivity contribution in [3.63, 3.8) is 0 Å². The zero-order valence-electron chi connectivity index (χ0n) is 24.4. The van der Waals surface area contributed by atoms with Crippen molar-refractivity contribution >= 4 is 11.6 Å². The summed E-state index contributed by atoms with van der Waals surface area (Å²) in [7, 11) is 4.76. The lowest BCUT2D eigenvalue weighted by atomic mass is 9.91. The van der Waals surface area contributed by atoms with Gasteiger partial charge in [-0.3, -0.25) is 9.59 Å². The minimum atomic E-state index is -0.360. The van der Waals surface area contributed by atoms with Crippen molar-refractivity contribution in [3.05, 3.63) is 117 Å². The lowest BCUT2D eigenvalue weighted by Crippen LogP contribution is -2.26. The molecule has 0 saturated carbocycles. The molecule has 0 aliphatic heterocycles. The van der Waals surface area contributed by atoms with Gasteiger partial charge in [-0.15, -0.1) is 0 Å². The molecule has 42 heavy (non-hydrogen) atoms. The minimum Gasteiger partial charge on any atom is -0.493 e. The molecule has 5 rings (SSSR count). The lowest BCUT2D eigenvalue weighted by molar-refractivity contribution is -0.119. The van der Waals surface area contributed by atoms with Gasteiger partial charge in [0.2, 0.25) is 17.1 Å². The van der Waals surface area contributed by atoms with Crippen molar-refractivity contribution < 1.29 is 19.0 Å². The molecule has 4 aromatic carbocycles. The van der Waals surface area contributed by atoms with Crippen LogP contribution in [-0.2, 0) is 11.2 Å². The Morgan fingerprint density at radius 3 is 2.07 bits per heavy atom. The van der Waals surface area contributed by atoms with E-state index < -0.39 is 0 Å². The van der Waals surface area contributed by atoms with Gasteiger partial charge < -0.3 is 24.8 Å². The first-order valence-corrected chi connectivity index (χ1v) is 14.1. The van der Waals surface area contributed by atoms with Gasteiger partial charge in [-0.1, -0.05) is 66.7 Å². The van der Waals surface area contributed by atoms with Crippen LogP contribution in [0.1, 0.15) is 47.6 Å². The SMILES string of the molecule is COc1cc2c(c(OC)c1OC)-c1ccc(NCC(c3ccccc3)c3ccccc3)c(=O)cc1[C@H](NC(C)=O)CC2. The number of anilines is 1. The third-order valence-electron chi connectivity index (χ3n) is 7.82. The summed E-state index contributed by atoms with van der Waals surface area (Å²) < 4.78 is 17.2. The standard InChI is InChI=1S/C35H36N2O5/c1-22(38)37-29-17-15-25-19-32(40-2)34(41-3)35(42-4)33(25)26-16-18-30(31(39)20-27(26)29)36-21-28(23-11-7-5-8-12-23)24-13-9-6-10-14-24/h5-14,16,18-20,28-29H,15,17,21H2,1-4H3,(H,36,39)(H,37,38)/t29-/m1/s1. The van der Waals surface area contributed by atoms with E-state index >= 15 is 0 Å². The number of amides is 1. The van der Waals surface area contributed by atoms with Gasteiger partial charge in [0.1, 0.15) is 0 Å². The summed E-state index contributed by atoms with van der Waals surface area (Å²) in [5.41, 5.74) is 5.97. The second-order valence-electron chi connectivity index (χ2n) is 10.4. The largest absolute Gasteiger partial charge is 0.493 e. The van der Waals surface area contributed by atoms with Crippen molar-refractivity contribution in [1.29, 1.82) is 0 Å². The topological polar surface area (TPSA) is 85.9 Å². The average Bonchev–Trinajstić information content (AvgIpc) is 3.25. The Labute approximate surface area is 246 Å². The Morgan fingerprint density at radius 2 is 1.50 bits per heavy atom. The van der Waals surface area contributed by atoms with E-state index in [9.17, 15) is 9.59 Å². The zero-order valence-corrected chi connectivity index (χ0v) is 24.4. The van der Waals surface area contributed by atoms with Crippen LogP contribution in [0.3, 0.4) is 0 Å². The zero-order chi connectivity index (χ0) is 29.6. The van der Waals surface area contributed by atoms with Crippen molar-refractivity contribution in [1.82, 2.24) is 5.32 Å². The molecule has 0 bridgehead atoms. The van der Waals surface area contributed by atoms with Crippen molar-refractivity contribution in [2.45, 2.75) is 31.7 Å². The average molecular weight is 565 g/mol. The maximum Gasteiger partial charge on any atom is 0.217 e. The molecule has 1 aliphatic carbocycles. The molecule has 0 fully saturated rings. The van der Waals surface area contributed by atoms with Crippen LogP contribution in [-0.4, -0.2) is 33.8 Å². The Kier molecular flexibility index (Phi) is 8.77. The minimum absolute atomic E-state index is 0.0415. The molecule has 0 heterocycles. The molecular formula is C35H36N2O5. The summed E-state index contributed by atoms with van der Waals surface area (Å²) in [4.78, 5) is 26.0. The van der Waals surface area contributed by atoms with Gasteiger partial charge in [-0.05, 0) is 58.9 Å². The van der Waals surface area contributed by atoms with Crippen LogP contribution < -0.4 is 30.3 Å². The van der Waals surface area contributed by atoms with Gasteiger partial charge in [0.25, 0.3) is 0 Å². The molecule has 0 saturated heterocycles. The van der Waals surface area contributed by atoms with E-state index in [1.165, 1.54) is 6.92 Å². The number of carbonyl (C=O) groups excluding carboxylic acids is 1. The first-order chi connectivity index (χ1) is 20.4. The quantitative estimate of drug-likeness (QED) is 0.255. The van der Waals surface area contributed by atoms with Crippen molar-refractivity contribution in [3.8, 4) is 28.4 Å². The molecule has 0 spiro atoms. The van der Waals surface area contributed by atoms with Crippen LogP contribution in [0.2, 0.25) is 0 Å². The number of hydrogen-bond donors (Lipinski definition) is 2. The van der Waals surface area contributed by atoms with E-state index in [4.69, 9.17) is 14.2 Å². The number of fused-ring (bicyclic) bond motifs is 3. The van der Waals surface area contributed by atoms with Gasteiger partial charge in [0, 0.05) is 24.9 Å². The molecule has 1 atom stereocenters. The van der Waals surface area contributed by atoms with Gasteiger partial charge in [-0.2, -0.15) is 0 Å². The molecule has 7 heteroatoms. The fourth-order valence-electron chi connectivity index (χ4n) is 5.86. The second kappa shape index (κ2) is 12.8. The summed E-state index contributed by atoms with van der Waals surface area (Å²) in [5, 5.41) is 6.50. The third-order valence-corrected chi connectivity index (χ3v) is 7.82. The summed E-state index contributed by atoms with van der Waals surface area (Å²) in [6.07, 6.45) is 1.25. The number of methoxy groups -OCH3 is 3. The van der Waals surface area contributed by atoms with E-state index in [-0.39, 0.29) is 23.3 Å². The highest BCUT2D eigenvalue weighted by Crippen LogP contribution is 2.50. The lowest BCUT2D eigenvalue weighted by Gasteiger charge is -2.19. The number of rotatable bonds is 9. The van der Waals surface area contributed by atoms with Crippen molar-refractivity contribution in [2.75, 3.05) is 33.2 Å². The number of ether oxygens (including phenoxy) is 3. The highest BCUT2D eigenvalue weighted by molar-refractivity contribution is 5.83. The summed E-state index contributed by atoms with van der Waals surface area (Å²) >= 11 is 0. The molecule has 0 aromatic heterocycles. The van der Waals surface area contributed by atoms with Crippen LogP contribution >= 0.6 is 0 Å². The molecular weight excluding hydrogens is 528 g/mol. The first-order valence-electron chi connectivity index (χ1n) is 14.1. The predicted octanol–water partition coefficient (Wildman–Crippen LogP) is 6.11. The van der Waals surface area contributed by atoms with Crippen LogP contribution in [0.5, 0.6) is 17.2 Å². The van der Waals surface area contributed by atoms with E-state index in [1.54, 1.807) is 27.4 Å². The van der Waals surface area contributed by atoms with Crippen LogP contribution in [0.25, 0.3) is 11.1 Å². The molecule has 2 N–H and O–H groups in total. The molecule has 0 unspecified atom stereocenters. The molecule has 0 radical (unpaired) electrons. The van der Waals surface area contributed by atoms with Crippen LogP contribution in [0, 0.1) is 0 Å². The van der Waals surface area contributed by atoms with Crippen LogP contribution in [0.4, 0.5) is 5.69 Å². The highest BCUT2D eigenvalue weighted by atomic mass is 16.5. The fourth-order valence-corrected chi connectivity index (χ4v) is 5.86. The van der Waals surface area contributed by atoms with Crippen LogP contribution in [0.15, 0.2) is 89.7 Å². The van der Waals surface area contributed by atoms with Crippen molar-refractivity contribution in [2.24, 2.45) is 0 Å². The maximum absolute atomic E-state index is 13.8. The smallest absolute Gasteiger partial charge is 0.217 e. The van der Waals surface area contributed by atoms with Gasteiger partial charge in [0.15, 0.2) is 11.5 Å². The summed E-state index contributed by atoms with van der Waals surface area (Å²) in [6, 6.07) is 27.5. The second-order valence-corrected chi connectivity index (χ2v) is 10.4. The predicted molar refractivity (Wildman–Crippen MR) is 166 cm³/mol. The molecule has 4 aromatic rings. The van der Waals surface area contributed by atoms with Gasteiger partial charge in [0.05, 0.1) is 33.1 Å². The monoisotopic (exact) mass is 564 g/mol. The molecule has 1 aliphatic rings. The fraction of sp³-hybridized carbons (Fsp3) is 0.257. The highest BCUT2D eigenvalue weighted by Gasteiger charge is 2.29. The number of nitrogens with one attached hydrogen (secondary N) is 2. The number of aryl methyl sites for hydroxylation is 1. The van der Waals surface area contributed by atoms with E-state index in [2.05, 4.69) is 34.9 Å². The Bertz CT molecular complexity index is 1580. The molecule has 7 nitrogen and oxygen atoms in total.